The standard InChI is InChI=1S/C12H19N3O/c1-12(2,3)13-11(16)10-8-6-5-7-9(8)15(4)14-10/h5-7H2,1-4H3,(H,13,16). The van der Waals surface area contributed by atoms with E-state index in [1.54, 1.807) is 0 Å². The third-order valence-corrected chi connectivity index (χ3v) is 2.82. The van der Waals surface area contributed by atoms with Crippen LogP contribution < -0.4 is 5.32 Å². The van der Waals surface area contributed by atoms with E-state index in [1.807, 2.05) is 32.5 Å². The van der Waals surface area contributed by atoms with Gasteiger partial charge in [-0.1, -0.05) is 0 Å². The zero-order chi connectivity index (χ0) is 11.9. The fourth-order valence-corrected chi connectivity index (χ4v) is 2.19. The topological polar surface area (TPSA) is 46.9 Å². The highest BCUT2D eigenvalue weighted by molar-refractivity contribution is 5.94. The Labute approximate surface area is 96.0 Å². The molecular weight excluding hydrogens is 202 g/mol. The van der Waals surface area contributed by atoms with Gasteiger partial charge in [0.1, 0.15) is 0 Å². The molecule has 0 radical (unpaired) electrons. The van der Waals surface area contributed by atoms with Gasteiger partial charge in [-0.05, 0) is 40.0 Å². The van der Waals surface area contributed by atoms with Crippen LogP contribution in [-0.2, 0) is 19.9 Å². The number of carbonyl (C=O) groups excluding carboxylic acids is 1. The lowest BCUT2D eigenvalue weighted by molar-refractivity contribution is 0.0912. The van der Waals surface area contributed by atoms with Gasteiger partial charge in [0, 0.05) is 23.8 Å². The van der Waals surface area contributed by atoms with Crippen LogP contribution in [0.3, 0.4) is 0 Å². The Hall–Kier alpha value is -1.32. The quantitative estimate of drug-likeness (QED) is 0.780. The van der Waals surface area contributed by atoms with E-state index in [0.29, 0.717) is 5.69 Å². The van der Waals surface area contributed by atoms with Crippen LogP contribution in [0, 0.1) is 0 Å². The summed E-state index contributed by atoms with van der Waals surface area (Å²) in [6.45, 7) is 5.94. The molecule has 1 aromatic rings. The van der Waals surface area contributed by atoms with Crippen molar-refractivity contribution >= 4 is 5.91 Å². The molecule has 0 bridgehead atoms. The van der Waals surface area contributed by atoms with Crippen LogP contribution in [0.25, 0.3) is 0 Å². The second-order valence-corrected chi connectivity index (χ2v) is 5.46. The molecule has 0 aliphatic heterocycles. The van der Waals surface area contributed by atoms with Gasteiger partial charge in [-0.25, -0.2) is 0 Å². The summed E-state index contributed by atoms with van der Waals surface area (Å²) in [4.78, 5) is 12.0. The third kappa shape index (κ3) is 1.96. The number of nitrogens with one attached hydrogen (secondary N) is 1. The first-order valence-corrected chi connectivity index (χ1v) is 5.76. The van der Waals surface area contributed by atoms with E-state index in [2.05, 4.69) is 10.4 Å². The fourth-order valence-electron chi connectivity index (χ4n) is 2.19. The van der Waals surface area contributed by atoms with Crippen LogP contribution in [0.15, 0.2) is 0 Å². The lowest BCUT2D eigenvalue weighted by atomic mass is 10.1. The summed E-state index contributed by atoms with van der Waals surface area (Å²) >= 11 is 0. The summed E-state index contributed by atoms with van der Waals surface area (Å²) in [5, 5.41) is 7.28. The molecule has 1 aliphatic rings. The molecule has 0 aromatic carbocycles. The van der Waals surface area contributed by atoms with Gasteiger partial charge >= 0.3 is 0 Å². The first kappa shape index (κ1) is 11.2. The normalized spacial score (nSPS) is 15.0. The highest BCUT2D eigenvalue weighted by Crippen LogP contribution is 2.24. The molecule has 1 amide bonds. The molecule has 0 saturated carbocycles. The molecule has 1 heterocycles. The zero-order valence-electron chi connectivity index (χ0n) is 10.4. The molecule has 2 rings (SSSR count). The smallest absolute Gasteiger partial charge is 0.272 e. The number of aromatic nitrogens is 2. The van der Waals surface area contributed by atoms with Crippen molar-refractivity contribution in [2.24, 2.45) is 7.05 Å². The van der Waals surface area contributed by atoms with Crippen molar-refractivity contribution < 1.29 is 4.79 Å². The number of rotatable bonds is 1. The Morgan fingerprint density at radius 3 is 2.69 bits per heavy atom. The van der Waals surface area contributed by atoms with Crippen molar-refractivity contribution in [1.29, 1.82) is 0 Å². The van der Waals surface area contributed by atoms with Gasteiger partial charge in [0.05, 0.1) is 0 Å². The molecule has 1 aliphatic carbocycles. The van der Waals surface area contributed by atoms with E-state index < -0.39 is 0 Å². The number of amides is 1. The lowest BCUT2D eigenvalue weighted by Crippen LogP contribution is -2.41. The molecule has 88 valence electrons. The van der Waals surface area contributed by atoms with Crippen LogP contribution in [0.5, 0.6) is 0 Å². The largest absolute Gasteiger partial charge is 0.346 e. The van der Waals surface area contributed by atoms with Crippen molar-refractivity contribution in [1.82, 2.24) is 15.1 Å². The van der Waals surface area contributed by atoms with Crippen molar-refractivity contribution in [3.63, 3.8) is 0 Å². The molecule has 4 heteroatoms. The van der Waals surface area contributed by atoms with Crippen molar-refractivity contribution in [3.05, 3.63) is 17.0 Å². The Balaban J connectivity index is 2.28. The van der Waals surface area contributed by atoms with E-state index in [0.717, 1.165) is 24.8 Å². The average Bonchev–Trinajstić information content (AvgIpc) is 2.66. The highest BCUT2D eigenvalue weighted by atomic mass is 16.2. The summed E-state index contributed by atoms with van der Waals surface area (Å²) in [5.74, 6) is -0.0498. The van der Waals surface area contributed by atoms with Crippen LogP contribution in [-0.4, -0.2) is 21.2 Å². The molecule has 0 spiro atoms. The predicted molar refractivity (Wildman–Crippen MR) is 62.5 cm³/mol. The number of nitrogens with zero attached hydrogens (tertiary/aromatic N) is 2. The van der Waals surface area contributed by atoms with E-state index in [9.17, 15) is 4.79 Å². The Morgan fingerprint density at radius 2 is 2.06 bits per heavy atom. The zero-order valence-corrected chi connectivity index (χ0v) is 10.4. The SMILES string of the molecule is Cn1nc(C(=O)NC(C)(C)C)c2c1CCC2. The van der Waals surface area contributed by atoms with Crippen molar-refractivity contribution in [2.45, 2.75) is 45.6 Å². The van der Waals surface area contributed by atoms with Gasteiger partial charge in [-0.3, -0.25) is 9.48 Å². The fraction of sp³-hybridized carbons (Fsp3) is 0.667. The Kier molecular flexibility index (Phi) is 2.52. The maximum Gasteiger partial charge on any atom is 0.272 e. The summed E-state index contributed by atoms with van der Waals surface area (Å²) in [7, 11) is 1.91. The second kappa shape index (κ2) is 3.61. The molecular formula is C12H19N3O. The lowest BCUT2D eigenvalue weighted by Gasteiger charge is -2.19. The molecule has 0 unspecified atom stereocenters. The van der Waals surface area contributed by atoms with E-state index in [-0.39, 0.29) is 11.4 Å². The number of hydrogen-bond donors (Lipinski definition) is 1. The molecule has 0 atom stereocenters. The average molecular weight is 221 g/mol. The van der Waals surface area contributed by atoms with Gasteiger partial charge in [-0.2, -0.15) is 5.10 Å². The molecule has 1 aromatic heterocycles. The van der Waals surface area contributed by atoms with Crippen LogP contribution in [0.2, 0.25) is 0 Å². The molecule has 0 fully saturated rings. The number of aryl methyl sites for hydroxylation is 1. The minimum absolute atomic E-state index is 0.0498. The van der Waals surface area contributed by atoms with Gasteiger partial charge in [0.25, 0.3) is 5.91 Å². The number of hydrogen-bond acceptors (Lipinski definition) is 2. The summed E-state index contributed by atoms with van der Waals surface area (Å²) < 4.78 is 1.85. The maximum atomic E-state index is 12.0. The van der Waals surface area contributed by atoms with E-state index in [4.69, 9.17) is 0 Å². The molecule has 4 nitrogen and oxygen atoms in total. The first-order chi connectivity index (χ1) is 7.38. The maximum absolute atomic E-state index is 12.0. The second-order valence-electron chi connectivity index (χ2n) is 5.46. The first-order valence-electron chi connectivity index (χ1n) is 5.76. The van der Waals surface area contributed by atoms with E-state index in [1.165, 1.54) is 5.69 Å². The van der Waals surface area contributed by atoms with Crippen LogP contribution >= 0.6 is 0 Å². The molecule has 16 heavy (non-hydrogen) atoms. The van der Waals surface area contributed by atoms with Gasteiger partial charge < -0.3 is 5.32 Å². The summed E-state index contributed by atoms with van der Waals surface area (Å²) in [5.41, 5.74) is 2.77. The minimum Gasteiger partial charge on any atom is -0.346 e. The minimum atomic E-state index is -0.208. The third-order valence-electron chi connectivity index (χ3n) is 2.82. The van der Waals surface area contributed by atoms with Crippen molar-refractivity contribution in [3.8, 4) is 0 Å². The van der Waals surface area contributed by atoms with Gasteiger partial charge in [0.15, 0.2) is 5.69 Å². The Bertz CT molecular complexity index is 426. The van der Waals surface area contributed by atoms with Crippen molar-refractivity contribution in [2.75, 3.05) is 0 Å². The van der Waals surface area contributed by atoms with Crippen LogP contribution in [0.1, 0.15) is 48.9 Å². The van der Waals surface area contributed by atoms with E-state index >= 15 is 0 Å². The molecule has 0 saturated heterocycles. The van der Waals surface area contributed by atoms with Crippen LogP contribution in [0.4, 0.5) is 0 Å². The van der Waals surface area contributed by atoms with Gasteiger partial charge in [0.2, 0.25) is 0 Å². The highest BCUT2D eigenvalue weighted by Gasteiger charge is 2.26. The number of fused-ring (bicyclic) bond motifs is 1. The molecule has 1 N–H and O–H groups in total. The number of carbonyl (C=O) groups is 1. The van der Waals surface area contributed by atoms with Gasteiger partial charge in [-0.15, -0.1) is 0 Å². The summed E-state index contributed by atoms with van der Waals surface area (Å²) in [6, 6.07) is 0. The Morgan fingerprint density at radius 1 is 1.38 bits per heavy atom. The monoisotopic (exact) mass is 221 g/mol. The summed E-state index contributed by atoms with van der Waals surface area (Å²) in [6.07, 6.45) is 3.16. The predicted octanol–water partition coefficient (Wildman–Crippen LogP) is 1.44.